The second kappa shape index (κ2) is 7.89. The topological polar surface area (TPSA) is 66.5 Å². The third-order valence-corrected chi connectivity index (χ3v) is 9.33. The number of nitrogens with one attached hydrogen (secondary N) is 1. The Hall–Kier alpha value is -1.22. The molecule has 2 heterocycles. The van der Waals surface area contributed by atoms with Crippen LogP contribution in [0, 0.1) is 0 Å². The van der Waals surface area contributed by atoms with Crippen LogP contribution in [0.4, 0.5) is 0 Å². The molecule has 0 bridgehead atoms. The van der Waals surface area contributed by atoms with Gasteiger partial charge in [0.25, 0.3) is 5.91 Å². The molecular weight excluding hydrogens is 460 g/mol. The summed E-state index contributed by atoms with van der Waals surface area (Å²) < 4.78 is 28.3. The Balaban J connectivity index is 1.51. The number of halogens is 1. The van der Waals surface area contributed by atoms with E-state index in [1.165, 1.54) is 21.2 Å². The van der Waals surface area contributed by atoms with Crippen LogP contribution in [0.1, 0.15) is 47.3 Å². The van der Waals surface area contributed by atoms with Crippen molar-refractivity contribution in [1.29, 1.82) is 0 Å². The summed E-state index contributed by atoms with van der Waals surface area (Å²) in [4.78, 5) is 13.3. The number of hydrogen-bond donors (Lipinski definition) is 1. The maximum absolute atomic E-state index is 12.9. The van der Waals surface area contributed by atoms with Gasteiger partial charge < -0.3 is 5.32 Å². The SMILES string of the molecule is O=C(NCC1(c2cccc(Br)c2)CCC1)c1sccc1S(=O)(=O)N1CCCC1. The van der Waals surface area contributed by atoms with Crippen molar-refractivity contribution in [2.75, 3.05) is 19.6 Å². The second-order valence-electron chi connectivity index (χ2n) is 7.55. The Bertz CT molecular complexity index is 977. The van der Waals surface area contributed by atoms with Gasteiger partial charge in [-0.3, -0.25) is 4.79 Å². The Morgan fingerprint density at radius 3 is 2.57 bits per heavy atom. The number of carbonyl (C=O) groups is 1. The van der Waals surface area contributed by atoms with Crippen LogP contribution < -0.4 is 5.32 Å². The summed E-state index contributed by atoms with van der Waals surface area (Å²) in [5.41, 5.74) is 1.15. The normalized spacial score (nSPS) is 19.3. The minimum Gasteiger partial charge on any atom is -0.350 e. The summed E-state index contributed by atoms with van der Waals surface area (Å²) in [6, 6.07) is 9.78. The lowest BCUT2D eigenvalue weighted by molar-refractivity contribution is 0.0929. The zero-order valence-electron chi connectivity index (χ0n) is 15.5. The quantitative estimate of drug-likeness (QED) is 0.672. The van der Waals surface area contributed by atoms with Gasteiger partial charge in [0.15, 0.2) is 0 Å². The van der Waals surface area contributed by atoms with Gasteiger partial charge >= 0.3 is 0 Å². The van der Waals surface area contributed by atoms with Gasteiger partial charge in [-0.05, 0) is 54.8 Å². The minimum atomic E-state index is -3.60. The van der Waals surface area contributed by atoms with Crippen molar-refractivity contribution in [2.24, 2.45) is 0 Å². The van der Waals surface area contributed by atoms with E-state index in [2.05, 4.69) is 33.4 Å². The van der Waals surface area contributed by atoms with E-state index in [9.17, 15) is 13.2 Å². The monoisotopic (exact) mass is 482 g/mol. The number of hydrogen-bond acceptors (Lipinski definition) is 4. The molecule has 0 spiro atoms. The lowest BCUT2D eigenvalue weighted by Crippen LogP contribution is -2.45. The first-order chi connectivity index (χ1) is 13.4. The number of benzene rings is 1. The lowest BCUT2D eigenvalue weighted by Gasteiger charge is -2.42. The van der Waals surface area contributed by atoms with Crippen LogP contribution in [0.3, 0.4) is 0 Å². The second-order valence-corrected chi connectivity index (χ2v) is 11.3. The van der Waals surface area contributed by atoms with Crippen molar-refractivity contribution >= 4 is 43.2 Å². The molecule has 5 nitrogen and oxygen atoms in total. The summed E-state index contributed by atoms with van der Waals surface area (Å²) in [5.74, 6) is -0.297. The van der Waals surface area contributed by atoms with Crippen LogP contribution in [-0.2, 0) is 15.4 Å². The standard InChI is InChI=1S/C20H23BrN2O3S2/c21-16-6-3-5-15(13-16)20(8-4-9-20)14-22-19(24)18-17(7-12-27-18)28(25,26)23-10-1-2-11-23/h3,5-7,12-13H,1-2,4,8-11,14H2,(H,22,24). The van der Waals surface area contributed by atoms with Gasteiger partial charge in [-0.1, -0.05) is 34.5 Å². The fraction of sp³-hybridized carbons (Fsp3) is 0.450. The highest BCUT2D eigenvalue weighted by molar-refractivity contribution is 9.10. The largest absolute Gasteiger partial charge is 0.350 e. The van der Waals surface area contributed by atoms with E-state index in [4.69, 9.17) is 0 Å². The molecule has 150 valence electrons. The van der Waals surface area contributed by atoms with Crippen molar-refractivity contribution in [3.63, 3.8) is 0 Å². The predicted octanol–water partition coefficient (Wildman–Crippen LogP) is 4.15. The number of sulfonamides is 1. The number of rotatable bonds is 6. The maximum Gasteiger partial charge on any atom is 0.262 e. The van der Waals surface area contributed by atoms with Crippen molar-refractivity contribution in [3.8, 4) is 0 Å². The highest BCUT2D eigenvalue weighted by atomic mass is 79.9. The van der Waals surface area contributed by atoms with E-state index in [1.54, 1.807) is 11.4 Å². The van der Waals surface area contributed by atoms with Crippen LogP contribution in [0.25, 0.3) is 0 Å². The molecule has 2 aliphatic rings. The number of nitrogens with zero attached hydrogens (tertiary/aromatic N) is 1. The first-order valence-electron chi connectivity index (χ1n) is 9.54. The Labute approximate surface area is 178 Å². The molecule has 1 amide bonds. The molecule has 4 rings (SSSR count). The molecule has 1 aliphatic carbocycles. The molecule has 1 N–H and O–H groups in total. The molecule has 0 radical (unpaired) electrons. The molecule has 28 heavy (non-hydrogen) atoms. The minimum absolute atomic E-state index is 0.0648. The third-order valence-electron chi connectivity index (χ3n) is 5.85. The van der Waals surface area contributed by atoms with Crippen molar-refractivity contribution < 1.29 is 13.2 Å². The van der Waals surface area contributed by atoms with E-state index in [0.29, 0.717) is 19.6 Å². The summed E-state index contributed by atoms with van der Waals surface area (Å²) in [5, 5.41) is 4.71. The fourth-order valence-corrected chi connectivity index (χ4v) is 7.29. The molecule has 1 saturated heterocycles. The summed E-state index contributed by atoms with van der Waals surface area (Å²) in [6.45, 7) is 1.58. The van der Waals surface area contributed by atoms with Gasteiger partial charge in [-0.15, -0.1) is 11.3 Å². The highest BCUT2D eigenvalue weighted by Gasteiger charge is 2.39. The van der Waals surface area contributed by atoms with Crippen LogP contribution in [0.15, 0.2) is 45.1 Å². The van der Waals surface area contributed by atoms with E-state index in [0.717, 1.165) is 36.6 Å². The summed E-state index contributed by atoms with van der Waals surface area (Å²) >= 11 is 4.72. The van der Waals surface area contributed by atoms with Crippen molar-refractivity contribution in [2.45, 2.75) is 42.4 Å². The molecule has 2 aromatic rings. The van der Waals surface area contributed by atoms with Crippen LogP contribution in [0.2, 0.25) is 0 Å². The zero-order valence-corrected chi connectivity index (χ0v) is 18.7. The average Bonchev–Trinajstić information content (AvgIpc) is 3.33. The smallest absolute Gasteiger partial charge is 0.262 e. The predicted molar refractivity (Wildman–Crippen MR) is 114 cm³/mol. The Kier molecular flexibility index (Phi) is 5.66. The van der Waals surface area contributed by atoms with Gasteiger partial charge in [0, 0.05) is 29.5 Å². The van der Waals surface area contributed by atoms with Crippen molar-refractivity contribution in [1.82, 2.24) is 9.62 Å². The maximum atomic E-state index is 12.9. The van der Waals surface area contributed by atoms with Gasteiger partial charge in [-0.2, -0.15) is 4.31 Å². The molecule has 1 aromatic carbocycles. The molecule has 1 saturated carbocycles. The molecule has 1 aliphatic heterocycles. The van der Waals surface area contributed by atoms with E-state index >= 15 is 0 Å². The van der Waals surface area contributed by atoms with E-state index in [-0.39, 0.29) is 21.1 Å². The Morgan fingerprint density at radius 1 is 1.18 bits per heavy atom. The molecule has 0 unspecified atom stereocenters. The fourth-order valence-electron chi connectivity index (χ4n) is 4.05. The molecular formula is C20H23BrN2O3S2. The zero-order chi connectivity index (χ0) is 19.8. The molecule has 2 fully saturated rings. The van der Waals surface area contributed by atoms with Gasteiger partial charge in [-0.25, -0.2) is 8.42 Å². The molecule has 0 atom stereocenters. The number of amides is 1. The summed E-state index contributed by atoms with van der Waals surface area (Å²) in [7, 11) is -3.60. The van der Waals surface area contributed by atoms with Crippen LogP contribution in [-0.4, -0.2) is 38.3 Å². The van der Waals surface area contributed by atoms with E-state index in [1.807, 2.05) is 12.1 Å². The third kappa shape index (κ3) is 3.67. The lowest BCUT2D eigenvalue weighted by atomic mass is 9.64. The average molecular weight is 483 g/mol. The number of thiophene rings is 1. The van der Waals surface area contributed by atoms with Crippen molar-refractivity contribution in [3.05, 3.63) is 50.6 Å². The first kappa shape index (κ1) is 20.1. The first-order valence-corrected chi connectivity index (χ1v) is 12.7. The van der Waals surface area contributed by atoms with Gasteiger partial charge in [0.1, 0.15) is 9.77 Å². The van der Waals surface area contributed by atoms with Gasteiger partial charge in [0.2, 0.25) is 10.0 Å². The van der Waals surface area contributed by atoms with E-state index < -0.39 is 10.0 Å². The number of carbonyl (C=O) groups excluding carboxylic acids is 1. The molecule has 8 heteroatoms. The van der Waals surface area contributed by atoms with Gasteiger partial charge in [0.05, 0.1) is 0 Å². The summed E-state index contributed by atoms with van der Waals surface area (Å²) in [6.07, 6.45) is 4.93. The highest BCUT2D eigenvalue weighted by Crippen LogP contribution is 2.44. The molecule has 1 aromatic heterocycles. The Morgan fingerprint density at radius 2 is 1.93 bits per heavy atom. The van der Waals surface area contributed by atoms with Crippen LogP contribution in [0.5, 0.6) is 0 Å². The van der Waals surface area contributed by atoms with Crippen LogP contribution >= 0.6 is 27.3 Å².